The number of methoxy groups -OCH3 is 1. The number of nitrogens with one attached hydrogen (secondary N) is 1. The Balaban J connectivity index is 2.35. The lowest BCUT2D eigenvalue weighted by Gasteiger charge is -2.08. The van der Waals surface area contributed by atoms with Crippen molar-refractivity contribution < 1.29 is 17.9 Å². The number of hydrogen-bond donors (Lipinski definition) is 1. The number of rotatable bonds is 4. The van der Waals surface area contributed by atoms with Gasteiger partial charge < -0.3 is 10.1 Å². The molecule has 5 nitrogen and oxygen atoms in total. The van der Waals surface area contributed by atoms with Gasteiger partial charge in [-0.2, -0.15) is 0 Å². The van der Waals surface area contributed by atoms with Gasteiger partial charge in [0.05, 0.1) is 7.11 Å². The number of amides is 1. The smallest absolute Gasteiger partial charge is 0.265 e. The van der Waals surface area contributed by atoms with Crippen LogP contribution in [-0.2, 0) is 9.05 Å². The molecule has 1 amide bonds. The summed E-state index contributed by atoms with van der Waals surface area (Å²) < 4.78 is 27.7. The zero-order chi connectivity index (χ0) is 13.3. The number of ether oxygens (including phenoxy) is 1. The van der Waals surface area contributed by atoms with Gasteiger partial charge in [0.25, 0.3) is 15.0 Å². The molecule has 18 heavy (non-hydrogen) atoms. The summed E-state index contributed by atoms with van der Waals surface area (Å²) in [5.41, 5.74) is 0.252. The van der Waals surface area contributed by atoms with E-state index < -0.39 is 9.05 Å². The molecule has 0 radical (unpaired) electrons. The molecule has 1 aromatic carbocycles. The number of carbonyl (C=O) groups is 1. The van der Waals surface area contributed by atoms with E-state index in [1.165, 1.54) is 25.3 Å². The third-order valence-corrected chi connectivity index (χ3v) is 3.94. The summed E-state index contributed by atoms with van der Waals surface area (Å²) in [6.45, 7) is 0. The Morgan fingerprint density at radius 1 is 1.44 bits per heavy atom. The van der Waals surface area contributed by atoms with Gasteiger partial charge in [0.15, 0.2) is 0 Å². The predicted molar refractivity (Wildman–Crippen MR) is 66.5 cm³/mol. The van der Waals surface area contributed by atoms with Crippen molar-refractivity contribution in [2.45, 2.75) is 23.8 Å². The first-order chi connectivity index (χ1) is 8.41. The molecule has 1 N–H and O–H groups in total. The van der Waals surface area contributed by atoms with Crippen LogP contribution in [0.15, 0.2) is 23.1 Å². The summed E-state index contributed by atoms with van der Waals surface area (Å²) >= 11 is 0. The van der Waals surface area contributed by atoms with E-state index in [1.807, 2.05) is 0 Å². The highest BCUT2D eigenvalue weighted by Gasteiger charge is 2.25. The molecule has 0 unspecified atom stereocenters. The third-order valence-electron chi connectivity index (χ3n) is 2.60. The fraction of sp³-hybridized carbons (Fsp3) is 0.364. The first-order valence-electron chi connectivity index (χ1n) is 5.35. The first-order valence-corrected chi connectivity index (χ1v) is 7.66. The van der Waals surface area contributed by atoms with E-state index in [1.54, 1.807) is 0 Å². The van der Waals surface area contributed by atoms with E-state index in [9.17, 15) is 13.2 Å². The predicted octanol–water partition coefficient (Wildman–Crippen LogP) is 1.51. The van der Waals surface area contributed by atoms with Crippen LogP contribution < -0.4 is 10.1 Å². The van der Waals surface area contributed by atoms with E-state index in [-0.39, 0.29) is 28.2 Å². The minimum atomic E-state index is -3.95. The maximum Gasteiger partial charge on any atom is 0.265 e. The average Bonchev–Trinajstić information content (AvgIpc) is 3.11. The molecule has 0 heterocycles. The standard InChI is InChI=1S/C11H12ClNO4S/c1-17-9-5-2-7(6-10(9)18(12,15)16)11(14)13-8-3-4-8/h2,5-6,8H,3-4H2,1H3,(H,13,14). The SMILES string of the molecule is COc1ccc(C(=O)NC2CC2)cc1S(=O)(=O)Cl. The maximum atomic E-state index is 11.8. The van der Waals surface area contributed by atoms with Crippen molar-refractivity contribution >= 4 is 25.6 Å². The van der Waals surface area contributed by atoms with Crippen LogP contribution in [0, 0.1) is 0 Å². The van der Waals surface area contributed by atoms with Gasteiger partial charge in [-0.05, 0) is 31.0 Å². The Hall–Kier alpha value is -1.27. The van der Waals surface area contributed by atoms with Crippen molar-refractivity contribution in [3.63, 3.8) is 0 Å². The number of carbonyl (C=O) groups excluding carboxylic acids is 1. The van der Waals surface area contributed by atoms with Crippen molar-refractivity contribution in [3.05, 3.63) is 23.8 Å². The lowest BCUT2D eigenvalue weighted by molar-refractivity contribution is 0.0951. The molecule has 2 rings (SSSR count). The molecule has 0 atom stereocenters. The molecule has 1 aliphatic carbocycles. The van der Waals surface area contributed by atoms with Crippen LogP contribution >= 0.6 is 10.7 Å². The summed E-state index contributed by atoms with van der Waals surface area (Å²) in [6.07, 6.45) is 1.92. The van der Waals surface area contributed by atoms with Crippen LogP contribution in [0.3, 0.4) is 0 Å². The lowest BCUT2D eigenvalue weighted by Crippen LogP contribution is -2.25. The second-order valence-corrected chi connectivity index (χ2v) is 6.59. The first kappa shape index (κ1) is 13.2. The summed E-state index contributed by atoms with van der Waals surface area (Å²) in [4.78, 5) is 11.6. The topological polar surface area (TPSA) is 72.5 Å². The van der Waals surface area contributed by atoms with Gasteiger partial charge in [0.2, 0.25) is 0 Å². The Kier molecular flexibility index (Phi) is 3.49. The monoisotopic (exact) mass is 289 g/mol. The highest BCUT2D eigenvalue weighted by atomic mass is 35.7. The van der Waals surface area contributed by atoms with Gasteiger partial charge >= 0.3 is 0 Å². The van der Waals surface area contributed by atoms with Gasteiger partial charge in [0, 0.05) is 22.3 Å². The molecule has 0 bridgehead atoms. The Morgan fingerprint density at radius 3 is 2.61 bits per heavy atom. The number of halogens is 1. The van der Waals surface area contributed by atoms with Crippen LogP contribution in [0.2, 0.25) is 0 Å². The molecule has 7 heteroatoms. The minimum absolute atomic E-state index is 0.118. The Bertz CT molecular complexity index is 581. The second-order valence-electron chi connectivity index (χ2n) is 4.05. The highest BCUT2D eigenvalue weighted by Crippen LogP contribution is 2.28. The fourth-order valence-electron chi connectivity index (χ4n) is 1.50. The Morgan fingerprint density at radius 2 is 2.11 bits per heavy atom. The van der Waals surface area contributed by atoms with E-state index in [4.69, 9.17) is 15.4 Å². The summed E-state index contributed by atoms with van der Waals surface area (Å²) in [7, 11) is 2.69. The van der Waals surface area contributed by atoms with Crippen LogP contribution in [0.4, 0.5) is 0 Å². The quantitative estimate of drug-likeness (QED) is 0.853. The normalized spacial score (nSPS) is 15.2. The molecule has 1 aliphatic rings. The van der Waals surface area contributed by atoms with Gasteiger partial charge in [-0.1, -0.05) is 0 Å². The van der Waals surface area contributed by atoms with Gasteiger partial charge in [-0.3, -0.25) is 4.79 Å². The van der Waals surface area contributed by atoms with E-state index in [2.05, 4.69) is 5.32 Å². The molecular formula is C11H12ClNO4S. The van der Waals surface area contributed by atoms with Crippen molar-refractivity contribution in [2.75, 3.05) is 7.11 Å². The molecule has 0 spiro atoms. The molecule has 0 aliphatic heterocycles. The summed E-state index contributed by atoms with van der Waals surface area (Å²) in [6, 6.07) is 4.34. The van der Waals surface area contributed by atoms with Gasteiger partial charge in [-0.25, -0.2) is 8.42 Å². The van der Waals surface area contributed by atoms with Crippen molar-refractivity contribution in [3.8, 4) is 5.75 Å². The van der Waals surface area contributed by atoms with Crippen molar-refractivity contribution in [1.82, 2.24) is 5.32 Å². The van der Waals surface area contributed by atoms with Crippen molar-refractivity contribution in [1.29, 1.82) is 0 Å². The largest absolute Gasteiger partial charge is 0.495 e. The average molecular weight is 290 g/mol. The molecule has 1 aromatic rings. The summed E-state index contributed by atoms with van der Waals surface area (Å²) in [5.74, 6) is -0.185. The van der Waals surface area contributed by atoms with E-state index in [0.29, 0.717) is 0 Å². The number of hydrogen-bond acceptors (Lipinski definition) is 4. The highest BCUT2D eigenvalue weighted by molar-refractivity contribution is 8.13. The lowest BCUT2D eigenvalue weighted by atomic mass is 10.2. The third kappa shape index (κ3) is 2.94. The second kappa shape index (κ2) is 4.78. The zero-order valence-corrected chi connectivity index (χ0v) is 11.2. The number of benzene rings is 1. The van der Waals surface area contributed by atoms with Gasteiger partial charge in [-0.15, -0.1) is 0 Å². The molecule has 98 valence electrons. The van der Waals surface area contributed by atoms with Gasteiger partial charge in [0.1, 0.15) is 10.6 Å². The minimum Gasteiger partial charge on any atom is -0.495 e. The van der Waals surface area contributed by atoms with Crippen LogP contribution in [0.25, 0.3) is 0 Å². The van der Waals surface area contributed by atoms with Crippen molar-refractivity contribution in [2.24, 2.45) is 0 Å². The van der Waals surface area contributed by atoms with Crippen LogP contribution in [0.1, 0.15) is 23.2 Å². The fourth-order valence-corrected chi connectivity index (χ4v) is 2.53. The Labute approximate surface area is 110 Å². The molecular weight excluding hydrogens is 278 g/mol. The molecule has 1 saturated carbocycles. The molecule has 1 fully saturated rings. The zero-order valence-electron chi connectivity index (χ0n) is 9.64. The van der Waals surface area contributed by atoms with Crippen LogP contribution in [0.5, 0.6) is 5.75 Å². The maximum absolute atomic E-state index is 11.8. The van der Waals surface area contributed by atoms with Crippen LogP contribution in [-0.4, -0.2) is 27.5 Å². The summed E-state index contributed by atoms with van der Waals surface area (Å²) in [5, 5.41) is 2.77. The molecule has 0 aromatic heterocycles. The molecule has 0 saturated heterocycles. The van der Waals surface area contributed by atoms with E-state index in [0.717, 1.165) is 12.8 Å². The van der Waals surface area contributed by atoms with E-state index >= 15 is 0 Å².